The lowest BCUT2D eigenvalue weighted by molar-refractivity contribution is -0.383. The second-order valence-electron chi connectivity index (χ2n) is 5.79. The summed E-state index contributed by atoms with van der Waals surface area (Å²) >= 11 is 0. The van der Waals surface area contributed by atoms with Gasteiger partial charge >= 0.3 is 0 Å². The summed E-state index contributed by atoms with van der Waals surface area (Å²) in [5.41, 5.74) is 0. The first kappa shape index (κ1) is 18.9. The van der Waals surface area contributed by atoms with Gasteiger partial charge < -0.3 is 50.0 Å². The van der Waals surface area contributed by atoms with Crippen LogP contribution in [0.1, 0.15) is 13.3 Å². The first-order valence-corrected chi connectivity index (χ1v) is 7.44. The van der Waals surface area contributed by atoms with E-state index in [2.05, 4.69) is 0 Å². The van der Waals surface area contributed by atoms with E-state index < -0.39 is 68.0 Å². The summed E-state index contributed by atoms with van der Waals surface area (Å²) in [5.74, 6) is -2.06. The fourth-order valence-corrected chi connectivity index (χ4v) is 2.81. The Hall–Kier alpha value is -0.400. The van der Waals surface area contributed by atoms with Crippen LogP contribution < -0.4 is 0 Å². The van der Waals surface area contributed by atoms with Gasteiger partial charge in [0, 0.05) is 0 Å². The van der Waals surface area contributed by atoms with E-state index in [1.54, 1.807) is 6.92 Å². The van der Waals surface area contributed by atoms with Gasteiger partial charge in [-0.2, -0.15) is 0 Å². The van der Waals surface area contributed by atoms with Gasteiger partial charge in [0.05, 0.1) is 12.7 Å². The van der Waals surface area contributed by atoms with Crippen molar-refractivity contribution in [2.75, 3.05) is 13.2 Å². The standard InChI is InChI=1S/C13H24O10/c1-2-5-8(17)11(20)13(4-15,22-5)23-12-10(19)9(18)7(16)6(3-14)21-12/h5-12,14-20H,2-4H2,1H3. The lowest BCUT2D eigenvalue weighted by atomic mass is 9.99. The lowest BCUT2D eigenvalue weighted by Crippen LogP contribution is -2.62. The fraction of sp³-hybridized carbons (Fsp3) is 1.00. The van der Waals surface area contributed by atoms with Crippen molar-refractivity contribution in [2.45, 2.75) is 68.1 Å². The Labute approximate surface area is 132 Å². The molecule has 2 aliphatic heterocycles. The molecule has 0 aliphatic carbocycles. The van der Waals surface area contributed by atoms with Crippen molar-refractivity contribution >= 4 is 0 Å². The van der Waals surface area contributed by atoms with Crippen LogP contribution in [0.4, 0.5) is 0 Å². The second kappa shape index (κ2) is 7.23. The minimum atomic E-state index is -2.06. The van der Waals surface area contributed by atoms with Gasteiger partial charge in [0.1, 0.15) is 43.2 Å². The van der Waals surface area contributed by atoms with E-state index in [-0.39, 0.29) is 0 Å². The van der Waals surface area contributed by atoms with Crippen molar-refractivity contribution in [1.82, 2.24) is 0 Å². The average Bonchev–Trinajstić information content (AvgIpc) is 2.80. The van der Waals surface area contributed by atoms with Gasteiger partial charge in [-0.15, -0.1) is 0 Å². The molecule has 136 valence electrons. The number of hydrogen-bond acceptors (Lipinski definition) is 10. The first-order valence-electron chi connectivity index (χ1n) is 7.44. The largest absolute Gasteiger partial charge is 0.394 e. The van der Waals surface area contributed by atoms with Crippen LogP contribution in [0.15, 0.2) is 0 Å². The van der Waals surface area contributed by atoms with Crippen LogP contribution in [0.2, 0.25) is 0 Å². The van der Waals surface area contributed by atoms with Crippen LogP contribution in [-0.2, 0) is 14.2 Å². The van der Waals surface area contributed by atoms with E-state index in [9.17, 15) is 30.6 Å². The molecule has 0 amide bonds. The molecule has 0 radical (unpaired) electrons. The maximum Gasteiger partial charge on any atom is 0.223 e. The molecular weight excluding hydrogens is 316 g/mol. The molecule has 0 aromatic carbocycles. The molecule has 7 N–H and O–H groups in total. The molecule has 0 aromatic heterocycles. The molecule has 2 heterocycles. The van der Waals surface area contributed by atoms with E-state index in [0.29, 0.717) is 6.42 Å². The molecule has 0 saturated carbocycles. The molecule has 0 spiro atoms. The second-order valence-corrected chi connectivity index (χ2v) is 5.79. The van der Waals surface area contributed by atoms with Gasteiger partial charge in [0.15, 0.2) is 6.29 Å². The SMILES string of the molecule is CCC1OC(CO)(OC2OC(CO)C(O)C(O)C2O)C(O)C1O. The predicted octanol–water partition coefficient (Wildman–Crippen LogP) is -3.98. The van der Waals surface area contributed by atoms with Crippen LogP contribution in [-0.4, -0.2) is 104 Å². The molecule has 9 atom stereocenters. The summed E-state index contributed by atoms with van der Waals surface area (Å²) in [6.07, 6.45) is -11.2. The number of ether oxygens (including phenoxy) is 3. The summed E-state index contributed by atoms with van der Waals surface area (Å²) in [5, 5.41) is 68.1. The molecule has 9 unspecified atom stereocenters. The fourth-order valence-electron chi connectivity index (χ4n) is 2.81. The van der Waals surface area contributed by atoms with Gasteiger partial charge in [0.2, 0.25) is 5.79 Å². The molecule has 2 saturated heterocycles. The monoisotopic (exact) mass is 340 g/mol. The summed E-state index contributed by atoms with van der Waals surface area (Å²) in [6, 6.07) is 0. The molecule has 0 bridgehead atoms. The highest BCUT2D eigenvalue weighted by atomic mass is 16.8. The maximum atomic E-state index is 10.1. The van der Waals surface area contributed by atoms with Crippen LogP contribution in [0.3, 0.4) is 0 Å². The summed E-state index contributed by atoms with van der Waals surface area (Å²) < 4.78 is 15.9. The van der Waals surface area contributed by atoms with Crippen molar-refractivity contribution in [3.8, 4) is 0 Å². The Morgan fingerprint density at radius 3 is 2.04 bits per heavy atom. The molecule has 2 aliphatic rings. The van der Waals surface area contributed by atoms with Crippen LogP contribution in [0.5, 0.6) is 0 Å². The molecule has 2 rings (SSSR count). The number of aliphatic hydroxyl groups is 7. The molecule has 10 nitrogen and oxygen atoms in total. The topological polar surface area (TPSA) is 169 Å². The van der Waals surface area contributed by atoms with Gasteiger partial charge in [-0.05, 0) is 6.42 Å². The van der Waals surface area contributed by atoms with Crippen molar-refractivity contribution in [3.05, 3.63) is 0 Å². The molecule has 10 heteroatoms. The van der Waals surface area contributed by atoms with E-state index in [4.69, 9.17) is 19.3 Å². The predicted molar refractivity (Wildman–Crippen MR) is 71.8 cm³/mol. The highest BCUT2D eigenvalue weighted by Gasteiger charge is 2.57. The molecular formula is C13H24O10. The number of hydrogen-bond donors (Lipinski definition) is 7. The van der Waals surface area contributed by atoms with Crippen LogP contribution in [0, 0.1) is 0 Å². The Kier molecular flexibility index (Phi) is 5.95. The molecule has 2 fully saturated rings. The van der Waals surface area contributed by atoms with Crippen LogP contribution >= 0.6 is 0 Å². The third kappa shape index (κ3) is 3.24. The summed E-state index contributed by atoms with van der Waals surface area (Å²) in [4.78, 5) is 0. The molecule has 0 aromatic rings. The third-order valence-electron chi connectivity index (χ3n) is 4.29. The Bertz CT molecular complexity index is 393. The normalized spacial score (nSPS) is 51.1. The van der Waals surface area contributed by atoms with E-state index in [1.165, 1.54) is 0 Å². The zero-order valence-corrected chi connectivity index (χ0v) is 12.6. The van der Waals surface area contributed by atoms with E-state index >= 15 is 0 Å². The minimum absolute atomic E-state index is 0.331. The summed E-state index contributed by atoms with van der Waals surface area (Å²) in [7, 11) is 0. The van der Waals surface area contributed by atoms with Crippen molar-refractivity contribution < 1.29 is 50.0 Å². The number of rotatable bonds is 5. The zero-order valence-electron chi connectivity index (χ0n) is 12.6. The smallest absolute Gasteiger partial charge is 0.223 e. The Morgan fingerprint density at radius 2 is 1.57 bits per heavy atom. The van der Waals surface area contributed by atoms with E-state index in [1.807, 2.05) is 0 Å². The first-order chi connectivity index (χ1) is 10.8. The van der Waals surface area contributed by atoms with Crippen LogP contribution in [0.25, 0.3) is 0 Å². The zero-order chi connectivity index (χ0) is 17.4. The Morgan fingerprint density at radius 1 is 0.913 bits per heavy atom. The van der Waals surface area contributed by atoms with Gasteiger partial charge in [-0.3, -0.25) is 0 Å². The van der Waals surface area contributed by atoms with Crippen molar-refractivity contribution in [3.63, 3.8) is 0 Å². The van der Waals surface area contributed by atoms with Gasteiger partial charge in [-0.1, -0.05) is 6.92 Å². The third-order valence-corrected chi connectivity index (χ3v) is 4.29. The van der Waals surface area contributed by atoms with Gasteiger partial charge in [0.25, 0.3) is 0 Å². The Balaban J connectivity index is 2.18. The lowest BCUT2D eigenvalue weighted by Gasteiger charge is -2.43. The van der Waals surface area contributed by atoms with E-state index in [0.717, 1.165) is 0 Å². The van der Waals surface area contributed by atoms with Crippen molar-refractivity contribution in [2.24, 2.45) is 0 Å². The van der Waals surface area contributed by atoms with Crippen molar-refractivity contribution in [1.29, 1.82) is 0 Å². The highest BCUT2D eigenvalue weighted by molar-refractivity contribution is 4.98. The minimum Gasteiger partial charge on any atom is -0.394 e. The quantitative estimate of drug-likeness (QED) is 0.262. The summed E-state index contributed by atoms with van der Waals surface area (Å²) in [6.45, 7) is 0.194. The highest BCUT2D eigenvalue weighted by Crippen LogP contribution is 2.36. The maximum absolute atomic E-state index is 10.1. The van der Waals surface area contributed by atoms with Gasteiger partial charge in [-0.25, -0.2) is 0 Å². The average molecular weight is 340 g/mol. The number of aliphatic hydroxyl groups excluding tert-OH is 7. The molecule has 23 heavy (non-hydrogen) atoms.